The van der Waals surface area contributed by atoms with E-state index in [1.165, 1.54) is 25.7 Å². The first-order valence-electron chi connectivity index (χ1n) is 8.49. The first kappa shape index (κ1) is 21.1. The molecular formula is C19H25N3O3S2. The molecule has 0 heterocycles. The van der Waals surface area contributed by atoms with Crippen LogP contribution < -0.4 is 15.4 Å². The van der Waals surface area contributed by atoms with E-state index in [4.69, 9.17) is 17.0 Å². The third-order valence-corrected chi connectivity index (χ3v) is 6.07. The minimum Gasteiger partial charge on any atom is -0.492 e. The number of nitrogens with one attached hydrogen (secondary N) is 2. The minimum absolute atomic E-state index is 0.0910. The number of ether oxygens (including phenoxy) is 1. The van der Waals surface area contributed by atoms with E-state index in [1.807, 2.05) is 32.0 Å². The molecule has 2 aromatic rings. The maximum Gasteiger partial charge on any atom is 0.246 e. The molecule has 8 heteroatoms. The normalized spacial score (nSPS) is 11.3. The van der Waals surface area contributed by atoms with Crippen LogP contribution in [0.25, 0.3) is 0 Å². The van der Waals surface area contributed by atoms with E-state index in [0.29, 0.717) is 23.2 Å². The number of nitrogens with zero attached hydrogens (tertiary/aromatic N) is 1. The molecule has 2 N–H and O–H groups in total. The number of thiocarbonyl (C=S) groups is 1. The lowest BCUT2D eigenvalue weighted by Crippen LogP contribution is -2.24. The van der Waals surface area contributed by atoms with Gasteiger partial charge in [-0.05, 0) is 74.4 Å². The van der Waals surface area contributed by atoms with Gasteiger partial charge in [0.05, 0.1) is 6.61 Å². The zero-order chi connectivity index (χ0) is 20.2. The summed E-state index contributed by atoms with van der Waals surface area (Å²) in [5.41, 5.74) is 3.77. The van der Waals surface area contributed by atoms with E-state index in [1.54, 1.807) is 19.1 Å². The van der Waals surface area contributed by atoms with Gasteiger partial charge < -0.3 is 15.4 Å². The number of benzene rings is 2. The summed E-state index contributed by atoms with van der Waals surface area (Å²) in [6.45, 7) is 6.25. The summed E-state index contributed by atoms with van der Waals surface area (Å²) in [7, 11) is -0.686. The molecule has 0 atom stereocenters. The van der Waals surface area contributed by atoms with Gasteiger partial charge in [-0.2, -0.15) is 0 Å². The van der Waals surface area contributed by atoms with Gasteiger partial charge in [0, 0.05) is 25.5 Å². The van der Waals surface area contributed by atoms with Crippen molar-refractivity contribution in [1.29, 1.82) is 0 Å². The Labute approximate surface area is 166 Å². The molecule has 27 heavy (non-hydrogen) atoms. The van der Waals surface area contributed by atoms with Crippen LogP contribution in [-0.4, -0.2) is 38.5 Å². The molecule has 0 unspecified atom stereocenters. The maximum absolute atomic E-state index is 12.6. The fourth-order valence-corrected chi connectivity index (χ4v) is 3.66. The minimum atomic E-state index is -3.65. The van der Waals surface area contributed by atoms with Crippen LogP contribution in [0.3, 0.4) is 0 Å². The van der Waals surface area contributed by atoms with Crippen molar-refractivity contribution in [2.24, 2.45) is 0 Å². The molecule has 0 bridgehead atoms. The monoisotopic (exact) mass is 407 g/mol. The van der Waals surface area contributed by atoms with Crippen molar-refractivity contribution >= 4 is 38.7 Å². The van der Waals surface area contributed by atoms with E-state index < -0.39 is 10.0 Å². The van der Waals surface area contributed by atoms with Crippen LogP contribution >= 0.6 is 12.2 Å². The van der Waals surface area contributed by atoms with Crippen LogP contribution in [-0.2, 0) is 10.0 Å². The van der Waals surface area contributed by atoms with Crippen molar-refractivity contribution in [3.8, 4) is 5.75 Å². The van der Waals surface area contributed by atoms with Crippen molar-refractivity contribution in [3.05, 3.63) is 47.5 Å². The highest BCUT2D eigenvalue weighted by molar-refractivity contribution is 7.89. The number of sulfonamides is 1. The lowest BCUT2D eigenvalue weighted by Gasteiger charge is -2.17. The van der Waals surface area contributed by atoms with Gasteiger partial charge in [0.15, 0.2) is 5.11 Å². The molecule has 146 valence electrons. The van der Waals surface area contributed by atoms with Crippen LogP contribution in [0.5, 0.6) is 5.75 Å². The van der Waals surface area contributed by atoms with Crippen molar-refractivity contribution < 1.29 is 13.2 Å². The Bertz CT molecular complexity index is 941. The van der Waals surface area contributed by atoms with Crippen molar-refractivity contribution in [3.63, 3.8) is 0 Å². The van der Waals surface area contributed by atoms with E-state index in [9.17, 15) is 8.42 Å². The lowest BCUT2D eigenvalue weighted by molar-refractivity contribution is 0.330. The molecule has 0 amide bonds. The third kappa shape index (κ3) is 5.18. The highest BCUT2D eigenvalue weighted by Crippen LogP contribution is 2.29. The second kappa shape index (κ2) is 8.69. The number of rotatable bonds is 6. The summed E-state index contributed by atoms with van der Waals surface area (Å²) in [6.07, 6.45) is 0. The van der Waals surface area contributed by atoms with Crippen LogP contribution in [0.15, 0.2) is 41.3 Å². The van der Waals surface area contributed by atoms with E-state index in [-0.39, 0.29) is 4.90 Å². The molecule has 0 aromatic heterocycles. The third-order valence-electron chi connectivity index (χ3n) is 4.02. The molecule has 2 aromatic carbocycles. The van der Waals surface area contributed by atoms with Crippen LogP contribution in [0.2, 0.25) is 0 Å². The van der Waals surface area contributed by atoms with Gasteiger partial charge in [0.1, 0.15) is 10.6 Å². The summed E-state index contributed by atoms with van der Waals surface area (Å²) in [5.74, 6) is 0.310. The lowest BCUT2D eigenvalue weighted by atomic mass is 10.1. The Morgan fingerprint density at radius 3 is 2.19 bits per heavy atom. The summed E-state index contributed by atoms with van der Waals surface area (Å²) < 4.78 is 31.8. The van der Waals surface area contributed by atoms with E-state index >= 15 is 0 Å². The molecule has 6 nitrogen and oxygen atoms in total. The maximum atomic E-state index is 12.6. The highest BCUT2D eigenvalue weighted by atomic mass is 32.2. The smallest absolute Gasteiger partial charge is 0.246 e. The SMILES string of the molecule is CCOc1ccc(NC(=S)Nc2ccc(C)c(C)c2)cc1S(=O)(=O)N(C)C. The van der Waals surface area contributed by atoms with Gasteiger partial charge >= 0.3 is 0 Å². The standard InChI is InChI=1S/C19H25N3O3S2/c1-6-25-17-10-9-16(12-18(17)27(23,24)22(4)5)21-19(26)20-15-8-7-13(2)14(3)11-15/h7-12H,6H2,1-5H3,(H2,20,21,26). The van der Waals surface area contributed by atoms with E-state index in [2.05, 4.69) is 10.6 Å². The van der Waals surface area contributed by atoms with Gasteiger partial charge in [0.25, 0.3) is 0 Å². The number of hydrogen-bond donors (Lipinski definition) is 2. The van der Waals surface area contributed by atoms with Crippen molar-refractivity contribution in [2.45, 2.75) is 25.7 Å². The average molecular weight is 408 g/mol. The molecule has 0 aliphatic heterocycles. The Balaban J connectivity index is 2.25. The predicted octanol–water partition coefficient (Wildman–Crippen LogP) is 3.76. The van der Waals surface area contributed by atoms with E-state index in [0.717, 1.165) is 15.6 Å². The molecule has 0 radical (unpaired) electrons. The molecule has 0 aliphatic rings. The molecule has 0 fully saturated rings. The predicted molar refractivity (Wildman–Crippen MR) is 114 cm³/mol. The first-order valence-corrected chi connectivity index (χ1v) is 10.3. The van der Waals surface area contributed by atoms with Gasteiger partial charge in [-0.15, -0.1) is 0 Å². The number of hydrogen-bond acceptors (Lipinski definition) is 4. The Morgan fingerprint density at radius 1 is 1.04 bits per heavy atom. The molecular weight excluding hydrogens is 382 g/mol. The fourth-order valence-electron chi connectivity index (χ4n) is 2.37. The van der Waals surface area contributed by atoms with Gasteiger partial charge in [-0.1, -0.05) is 6.07 Å². The number of anilines is 2. The van der Waals surface area contributed by atoms with Crippen LogP contribution in [0, 0.1) is 13.8 Å². The average Bonchev–Trinajstić information content (AvgIpc) is 2.59. The second-order valence-electron chi connectivity index (χ2n) is 6.26. The summed E-state index contributed by atoms with van der Waals surface area (Å²) in [4.78, 5) is 0.0910. The topological polar surface area (TPSA) is 70.7 Å². The number of aryl methyl sites for hydroxylation is 2. The van der Waals surface area contributed by atoms with Gasteiger partial charge in [0.2, 0.25) is 10.0 Å². The van der Waals surface area contributed by atoms with Gasteiger partial charge in [-0.25, -0.2) is 12.7 Å². The molecule has 0 aliphatic carbocycles. The van der Waals surface area contributed by atoms with Crippen LogP contribution in [0.4, 0.5) is 11.4 Å². The van der Waals surface area contributed by atoms with Crippen molar-refractivity contribution in [1.82, 2.24) is 4.31 Å². The highest BCUT2D eigenvalue weighted by Gasteiger charge is 2.23. The van der Waals surface area contributed by atoms with Crippen molar-refractivity contribution in [2.75, 3.05) is 31.3 Å². The summed E-state index contributed by atoms with van der Waals surface area (Å²) in [6, 6.07) is 10.8. The Hall–Kier alpha value is -2.16. The molecule has 0 spiro atoms. The largest absolute Gasteiger partial charge is 0.492 e. The molecule has 0 saturated heterocycles. The van der Waals surface area contributed by atoms with Gasteiger partial charge in [-0.3, -0.25) is 0 Å². The molecule has 0 saturated carbocycles. The Morgan fingerprint density at radius 2 is 1.63 bits per heavy atom. The molecule has 2 rings (SSSR count). The first-order chi connectivity index (χ1) is 12.6. The Kier molecular flexibility index (Phi) is 6.80. The summed E-state index contributed by atoms with van der Waals surface area (Å²) in [5, 5.41) is 6.51. The fraction of sp³-hybridized carbons (Fsp3) is 0.316. The zero-order valence-electron chi connectivity index (χ0n) is 16.2. The zero-order valence-corrected chi connectivity index (χ0v) is 17.8. The van der Waals surface area contributed by atoms with Crippen LogP contribution in [0.1, 0.15) is 18.1 Å². The quantitative estimate of drug-likeness (QED) is 0.711. The second-order valence-corrected chi connectivity index (χ2v) is 8.79. The summed E-state index contributed by atoms with van der Waals surface area (Å²) >= 11 is 5.35.